The van der Waals surface area contributed by atoms with Crippen molar-refractivity contribution in [3.63, 3.8) is 0 Å². The third-order valence-corrected chi connectivity index (χ3v) is 2.84. The molecule has 92 valence electrons. The molecule has 0 spiro atoms. The number of nitrogens with one attached hydrogen (secondary N) is 1. The Morgan fingerprint density at radius 1 is 1.44 bits per heavy atom. The van der Waals surface area contributed by atoms with E-state index in [2.05, 4.69) is 5.32 Å². The van der Waals surface area contributed by atoms with Gasteiger partial charge >= 0.3 is 0 Å². The van der Waals surface area contributed by atoms with E-state index in [-0.39, 0.29) is 24.4 Å². The maximum Gasteiger partial charge on any atom is 0.251 e. The molecule has 1 atom stereocenters. The molecule has 0 aliphatic carbocycles. The van der Waals surface area contributed by atoms with Crippen molar-refractivity contribution in [2.24, 2.45) is 0 Å². The molecule has 1 aromatic carbocycles. The zero-order valence-corrected chi connectivity index (χ0v) is 10.1. The van der Waals surface area contributed by atoms with Gasteiger partial charge in [0.15, 0.2) is 0 Å². The SMILES string of the molecule is N#CC1CN1C(=O)CNC(=O)c1ccc(Cl)cc1. The summed E-state index contributed by atoms with van der Waals surface area (Å²) in [5.74, 6) is -0.584. The van der Waals surface area contributed by atoms with Crippen LogP contribution in [0.4, 0.5) is 0 Å². The van der Waals surface area contributed by atoms with Gasteiger partial charge in [0.25, 0.3) is 5.91 Å². The second-order valence-electron chi connectivity index (χ2n) is 3.88. The van der Waals surface area contributed by atoms with Crippen LogP contribution in [-0.4, -0.2) is 35.8 Å². The van der Waals surface area contributed by atoms with E-state index in [0.29, 0.717) is 17.1 Å². The lowest BCUT2D eigenvalue weighted by atomic mass is 10.2. The van der Waals surface area contributed by atoms with Gasteiger partial charge in [-0.2, -0.15) is 5.26 Å². The van der Waals surface area contributed by atoms with Crippen LogP contribution in [0.3, 0.4) is 0 Å². The van der Waals surface area contributed by atoms with Gasteiger partial charge < -0.3 is 10.2 Å². The van der Waals surface area contributed by atoms with Gasteiger partial charge in [0.05, 0.1) is 19.2 Å². The third kappa shape index (κ3) is 2.79. The molecule has 0 aromatic heterocycles. The second kappa shape index (κ2) is 5.07. The summed E-state index contributed by atoms with van der Waals surface area (Å²) in [5.41, 5.74) is 0.440. The molecule has 1 unspecified atom stereocenters. The highest BCUT2D eigenvalue weighted by molar-refractivity contribution is 6.30. The van der Waals surface area contributed by atoms with Crippen molar-refractivity contribution in [1.29, 1.82) is 5.26 Å². The number of hydrogen-bond donors (Lipinski definition) is 1. The van der Waals surface area contributed by atoms with Crippen LogP contribution in [-0.2, 0) is 4.79 Å². The average Bonchev–Trinajstić information content (AvgIpc) is 3.16. The molecule has 1 aliphatic rings. The second-order valence-corrected chi connectivity index (χ2v) is 4.32. The van der Waals surface area contributed by atoms with Gasteiger partial charge in [-0.15, -0.1) is 0 Å². The maximum atomic E-state index is 11.7. The predicted molar refractivity (Wildman–Crippen MR) is 64.9 cm³/mol. The summed E-state index contributed by atoms with van der Waals surface area (Å²) in [5, 5.41) is 11.6. The quantitative estimate of drug-likeness (QED) is 0.820. The van der Waals surface area contributed by atoms with E-state index >= 15 is 0 Å². The molecule has 5 nitrogen and oxygen atoms in total. The number of nitriles is 1. The minimum atomic E-state index is -0.338. The van der Waals surface area contributed by atoms with E-state index in [0.717, 1.165) is 0 Å². The van der Waals surface area contributed by atoms with Gasteiger partial charge in [-0.05, 0) is 24.3 Å². The number of halogens is 1. The van der Waals surface area contributed by atoms with Crippen molar-refractivity contribution >= 4 is 23.4 Å². The molecule has 1 fully saturated rings. The van der Waals surface area contributed by atoms with Crippen LogP contribution in [0.15, 0.2) is 24.3 Å². The Labute approximate surface area is 109 Å². The molecular formula is C12H10ClN3O2. The highest BCUT2D eigenvalue weighted by atomic mass is 35.5. The van der Waals surface area contributed by atoms with E-state index < -0.39 is 0 Å². The number of hydrogen-bond acceptors (Lipinski definition) is 3. The summed E-state index contributed by atoms with van der Waals surface area (Å²) in [6, 6.07) is 8.02. The summed E-state index contributed by atoms with van der Waals surface area (Å²) in [7, 11) is 0. The number of rotatable bonds is 3. The third-order valence-electron chi connectivity index (χ3n) is 2.59. The molecule has 18 heavy (non-hydrogen) atoms. The first-order chi connectivity index (χ1) is 8.61. The van der Waals surface area contributed by atoms with Crippen molar-refractivity contribution in [2.45, 2.75) is 6.04 Å². The summed E-state index contributed by atoms with van der Waals surface area (Å²) >= 11 is 5.70. The Balaban J connectivity index is 1.84. The lowest BCUT2D eigenvalue weighted by Crippen LogP contribution is -2.33. The lowest BCUT2D eigenvalue weighted by Gasteiger charge is -2.05. The van der Waals surface area contributed by atoms with Crippen LogP contribution < -0.4 is 5.32 Å². The van der Waals surface area contributed by atoms with E-state index in [4.69, 9.17) is 16.9 Å². The van der Waals surface area contributed by atoms with Crippen LogP contribution in [0.5, 0.6) is 0 Å². The normalized spacial score (nSPS) is 16.9. The van der Waals surface area contributed by atoms with Crippen LogP contribution in [0, 0.1) is 11.3 Å². The fraction of sp³-hybridized carbons (Fsp3) is 0.250. The smallest absolute Gasteiger partial charge is 0.251 e. The zero-order chi connectivity index (χ0) is 13.1. The summed E-state index contributed by atoms with van der Waals surface area (Å²) in [4.78, 5) is 24.6. The standard InChI is InChI=1S/C12H10ClN3O2/c13-9-3-1-8(2-4-9)12(18)15-6-11(17)16-7-10(16)5-14/h1-4,10H,6-7H2,(H,15,18). The number of nitrogens with zero attached hydrogens (tertiary/aromatic N) is 2. The van der Waals surface area contributed by atoms with Crippen molar-refractivity contribution in [1.82, 2.24) is 10.2 Å². The number of amides is 2. The summed E-state index contributed by atoms with van der Waals surface area (Å²) in [6.45, 7) is 0.353. The molecule has 1 aliphatic heterocycles. The first-order valence-corrected chi connectivity index (χ1v) is 5.72. The van der Waals surface area contributed by atoms with Crippen molar-refractivity contribution < 1.29 is 9.59 Å². The molecule has 0 bridgehead atoms. The van der Waals surface area contributed by atoms with Gasteiger partial charge in [-0.3, -0.25) is 9.59 Å². The molecule has 1 saturated heterocycles. The molecule has 0 saturated carbocycles. The Hall–Kier alpha value is -2.06. The van der Waals surface area contributed by atoms with E-state index in [9.17, 15) is 9.59 Å². The molecule has 1 aromatic rings. The van der Waals surface area contributed by atoms with Crippen molar-refractivity contribution in [3.8, 4) is 6.07 Å². The van der Waals surface area contributed by atoms with Gasteiger partial charge in [0.2, 0.25) is 5.91 Å². The summed E-state index contributed by atoms with van der Waals surface area (Å²) < 4.78 is 0. The molecule has 1 N–H and O–H groups in total. The molecule has 0 radical (unpaired) electrons. The Kier molecular flexibility index (Phi) is 3.49. The molecule has 6 heteroatoms. The Morgan fingerprint density at radius 2 is 2.11 bits per heavy atom. The Morgan fingerprint density at radius 3 is 2.67 bits per heavy atom. The number of carbonyl (C=O) groups excluding carboxylic acids is 2. The fourth-order valence-electron chi connectivity index (χ4n) is 1.49. The zero-order valence-electron chi connectivity index (χ0n) is 9.39. The lowest BCUT2D eigenvalue weighted by molar-refractivity contribution is -0.124. The van der Waals surface area contributed by atoms with Gasteiger partial charge in [0, 0.05) is 10.6 Å². The first kappa shape index (κ1) is 12.4. The minimum absolute atomic E-state index is 0.0976. The topological polar surface area (TPSA) is 73.0 Å². The molecule has 2 rings (SSSR count). The van der Waals surface area contributed by atoms with Crippen LogP contribution >= 0.6 is 11.6 Å². The van der Waals surface area contributed by atoms with E-state index in [1.165, 1.54) is 4.90 Å². The number of carbonyl (C=O) groups is 2. The molecular weight excluding hydrogens is 254 g/mol. The van der Waals surface area contributed by atoms with Crippen molar-refractivity contribution in [2.75, 3.05) is 13.1 Å². The maximum absolute atomic E-state index is 11.7. The monoisotopic (exact) mass is 263 g/mol. The van der Waals surface area contributed by atoms with Gasteiger partial charge in [-0.25, -0.2) is 0 Å². The first-order valence-electron chi connectivity index (χ1n) is 5.34. The molecule has 1 heterocycles. The Bertz CT molecular complexity index is 521. The molecule has 2 amide bonds. The van der Waals surface area contributed by atoms with Crippen LogP contribution in [0.1, 0.15) is 10.4 Å². The minimum Gasteiger partial charge on any atom is -0.343 e. The predicted octanol–water partition coefficient (Wildman–Crippen LogP) is 0.804. The van der Waals surface area contributed by atoms with E-state index in [1.807, 2.05) is 6.07 Å². The van der Waals surface area contributed by atoms with Crippen LogP contribution in [0.25, 0.3) is 0 Å². The highest BCUT2D eigenvalue weighted by Crippen LogP contribution is 2.15. The van der Waals surface area contributed by atoms with Gasteiger partial charge in [-0.1, -0.05) is 11.6 Å². The van der Waals surface area contributed by atoms with Crippen molar-refractivity contribution in [3.05, 3.63) is 34.9 Å². The van der Waals surface area contributed by atoms with E-state index in [1.54, 1.807) is 24.3 Å². The number of benzene rings is 1. The van der Waals surface area contributed by atoms with Gasteiger partial charge in [0.1, 0.15) is 6.04 Å². The largest absolute Gasteiger partial charge is 0.343 e. The fourth-order valence-corrected chi connectivity index (χ4v) is 1.61. The average molecular weight is 264 g/mol. The van der Waals surface area contributed by atoms with Crippen LogP contribution in [0.2, 0.25) is 5.02 Å². The highest BCUT2D eigenvalue weighted by Gasteiger charge is 2.38. The summed E-state index contributed by atoms with van der Waals surface area (Å²) in [6.07, 6.45) is 0.